The molecule has 3 nitrogen and oxygen atoms in total. The largest absolute Gasteiger partial charge is 0.449 e. The van der Waals surface area contributed by atoms with Gasteiger partial charge in [0.25, 0.3) is 0 Å². The van der Waals surface area contributed by atoms with Crippen molar-refractivity contribution in [3.8, 4) is 0 Å². The van der Waals surface area contributed by atoms with Crippen molar-refractivity contribution < 1.29 is 4.42 Å². The van der Waals surface area contributed by atoms with E-state index in [1.54, 1.807) is 6.26 Å². The number of nitrogens with zero attached hydrogens (tertiary/aromatic N) is 1. The summed E-state index contributed by atoms with van der Waals surface area (Å²) in [4.78, 5) is 4.51. The lowest BCUT2D eigenvalue weighted by Crippen LogP contribution is -2.43. The van der Waals surface area contributed by atoms with Crippen molar-refractivity contribution in [2.45, 2.75) is 32.6 Å². The minimum absolute atomic E-state index is 0.0968. The van der Waals surface area contributed by atoms with Crippen LogP contribution in [0.25, 0.3) is 0 Å². The zero-order chi connectivity index (χ0) is 10.2. The van der Waals surface area contributed by atoms with Crippen LogP contribution >= 0.6 is 0 Å². The normalized spacial score (nSPS) is 18.2. The van der Waals surface area contributed by atoms with Gasteiger partial charge in [0.2, 0.25) is 0 Å². The second-order valence-electron chi connectivity index (χ2n) is 5.10. The van der Waals surface area contributed by atoms with Crippen LogP contribution in [0.3, 0.4) is 0 Å². The van der Waals surface area contributed by atoms with Crippen molar-refractivity contribution in [1.29, 1.82) is 0 Å². The molecule has 1 aromatic rings. The molecule has 0 saturated carbocycles. The first-order valence-corrected chi connectivity index (χ1v) is 5.21. The molecule has 1 saturated heterocycles. The molecule has 0 radical (unpaired) electrons. The number of oxazole rings is 1. The van der Waals surface area contributed by atoms with E-state index in [1.165, 1.54) is 0 Å². The van der Waals surface area contributed by atoms with Gasteiger partial charge < -0.3 is 9.73 Å². The van der Waals surface area contributed by atoms with E-state index in [1.807, 2.05) is 0 Å². The van der Waals surface area contributed by atoms with Crippen molar-refractivity contribution in [3.05, 3.63) is 17.8 Å². The van der Waals surface area contributed by atoms with Crippen LogP contribution in [0.5, 0.6) is 0 Å². The molecule has 0 atom stereocenters. The maximum atomic E-state index is 5.46. The first-order chi connectivity index (χ1) is 6.55. The van der Waals surface area contributed by atoms with Gasteiger partial charge in [0.05, 0.1) is 5.69 Å². The van der Waals surface area contributed by atoms with E-state index >= 15 is 0 Å². The fourth-order valence-corrected chi connectivity index (χ4v) is 1.49. The lowest BCUT2D eigenvalue weighted by molar-refractivity contribution is 0.318. The predicted octanol–water partition coefficient (Wildman–Crippen LogP) is 1.73. The second kappa shape index (κ2) is 3.39. The highest BCUT2D eigenvalue weighted by Crippen LogP contribution is 2.22. The van der Waals surface area contributed by atoms with Gasteiger partial charge in [0, 0.05) is 11.8 Å². The second-order valence-corrected chi connectivity index (χ2v) is 5.10. The van der Waals surface area contributed by atoms with Gasteiger partial charge in [0.1, 0.15) is 6.26 Å². The van der Waals surface area contributed by atoms with Gasteiger partial charge in [-0.2, -0.15) is 0 Å². The van der Waals surface area contributed by atoms with Gasteiger partial charge in [0.15, 0.2) is 5.89 Å². The molecule has 78 valence electrons. The van der Waals surface area contributed by atoms with E-state index in [-0.39, 0.29) is 5.41 Å². The molecule has 0 unspecified atom stereocenters. The molecule has 0 bridgehead atoms. The van der Waals surface area contributed by atoms with Crippen LogP contribution in [-0.4, -0.2) is 18.1 Å². The number of rotatable bonds is 2. The Morgan fingerprint density at radius 3 is 2.64 bits per heavy atom. The van der Waals surface area contributed by atoms with Crippen molar-refractivity contribution in [3.63, 3.8) is 0 Å². The van der Waals surface area contributed by atoms with Crippen molar-refractivity contribution in [2.24, 2.45) is 5.92 Å². The van der Waals surface area contributed by atoms with Gasteiger partial charge in [-0.05, 0) is 19.0 Å². The molecule has 1 fully saturated rings. The summed E-state index contributed by atoms with van der Waals surface area (Å²) in [6.45, 7) is 8.67. The van der Waals surface area contributed by atoms with Crippen molar-refractivity contribution >= 4 is 0 Å². The van der Waals surface area contributed by atoms with E-state index in [2.05, 4.69) is 31.1 Å². The summed E-state index contributed by atoms with van der Waals surface area (Å²) < 4.78 is 5.46. The maximum absolute atomic E-state index is 5.46. The molecule has 2 rings (SSSR count). The third kappa shape index (κ3) is 1.98. The third-order valence-electron chi connectivity index (χ3n) is 2.65. The molecule has 2 heterocycles. The molecule has 3 heteroatoms. The lowest BCUT2D eigenvalue weighted by atomic mass is 9.93. The summed E-state index contributed by atoms with van der Waals surface area (Å²) >= 11 is 0. The van der Waals surface area contributed by atoms with Gasteiger partial charge in [-0.15, -0.1) is 0 Å². The monoisotopic (exact) mass is 194 g/mol. The highest BCUT2D eigenvalue weighted by atomic mass is 16.3. The topological polar surface area (TPSA) is 38.1 Å². The minimum atomic E-state index is 0.0968. The summed E-state index contributed by atoms with van der Waals surface area (Å²) in [6, 6.07) is 0. The molecule has 0 spiro atoms. The lowest BCUT2D eigenvalue weighted by Gasteiger charge is -2.25. The average molecular weight is 194 g/mol. The molecular weight excluding hydrogens is 176 g/mol. The zero-order valence-electron chi connectivity index (χ0n) is 9.13. The number of hydrogen-bond donors (Lipinski definition) is 1. The van der Waals surface area contributed by atoms with Crippen molar-refractivity contribution in [1.82, 2.24) is 10.3 Å². The quantitative estimate of drug-likeness (QED) is 0.779. The molecule has 1 aliphatic heterocycles. The van der Waals surface area contributed by atoms with Crippen LogP contribution in [0.2, 0.25) is 0 Å². The Labute approximate surface area is 84.9 Å². The van der Waals surface area contributed by atoms with E-state index in [4.69, 9.17) is 4.42 Å². The van der Waals surface area contributed by atoms with E-state index in [0.717, 1.165) is 37.0 Å². The minimum Gasteiger partial charge on any atom is -0.449 e. The Kier molecular flexibility index (Phi) is 2.35. The summed E-state index contributed by atoms with van der Waals surface area (Å²) in [5.41, 5.74) is 1.15. The van der Waals surface area contributed by atoms with Gasteiger partial charge in [-0.3, -0.25) is 0 Å². The summed E-state index contributed by atoms with van der Waals surface area (Å²) in [5, 5.41) is 3.25. The molecule has 1 aromatic heterocycles. The first-order valence-electron chi connectivity index (χ1n) is 5.21. The molecule has 14 heavy (non-hydrogen) atoms. The predicted molar refractivity (Wildman–Crippen MR) is 55.3 cm³/mol. The molecule has 1 N–H and O–H groups in total. The van der Waals surface area contributed by atoms with Gasteiger partial charge >= 0.3 is 0 Å². The van der Waals surface area contributed by atoms with Crippen LogP contribution < -0.4 is 5.32 Å². The standard InChI is InChI=1S/C11H18N2O/c1-11(2,3)9-7-14-10(13-9)4-8-5-12-6-8/h7-8,12H,4-6H2,1-3H3. The Morgan fingerprint density at radius 1 is 1.50 bits per heavy atom. The van der Waals surface area contributed by atoms with Crippen LogP contribution in [0.1, 0.15) is 32.4 Å². The molecule has 0 aromatic carbocycles. The van der Waals surface area contributed by atoms with Gasteiger partial charge in [-0.1, -0.05) is 20.8 Å². The molecular formula is C11H18N2O. The first kappa shape index (κ1) is 9.71. The van der Waals surface area contributed by atoms with E-state index < -0.39 is 0 Å². The Balaban J connectivity index is 2.02. The maximum Gasteiger partial charge on any atom is 0.194 e. The van der Waals surface area contributed by atoms with Crippen LogP contribution in [0.15, 0.2) is 10.7 Å². The fourth-order valence-electron chi connectivity index (χ4n) is 1.49. The Bertz CT molecular complexity index is 307. The van der Waals surface area contributed by atoms with E-state index in [0.29, 0.717) is 0 Å². The Morgan fingerprint density at radius 2 is 2.21 bits per heavy atom. The average Bonchev–Trinajstić information content (AvgIpc) is 2.43. The summed E-state index contributed by atoms with van der Waals surface area (Å²) in [7, 11) is 0. The molecule has 1 aliphatic rings. The van der Waals surface area contributed by atoms with Crippen LogP contribution in [0.4, 0.5) is 0 Å². The van der Waals surface area contributed by atoms with Crippen LogP contribution in [-0.2, 0) is 11.8 Å². The number of nitrogens with one attached hydrogen (secondary N) is 1. The van der Waals surface area contributed by atoms with Gasteiger partial charge in [-0.25, -0.2) is 4.98 Å². The number of aromatic nitrogens is 1. The molecule has 0 amide bonds. The van der Waals surface area contributed by atoms with Crippen LogP contribution in [0, 0.1) is 5.92 Å². The fraction of sp³-hybridized carbons (Fsp3) is 0.727. The van der Waals surface area contributed by atoms with Crippen molar-refractivity contribution in [2.75, 3.05) is 13.1 Å². The summed E-state index contributed by atoms with van der Waals surface area (Å²) in [6.07, 6.45) is 2.77. The zero-order valence-corrected chi connectivity index (χ0v) is 9.13. The smallest absolute Gasteiger partial charge is 0.194 e. The SMILES string of the molecule is CC(C)(C)c1coc(CC2CNC2)n1. The number of hydrogen-bond acceptors (Lipinski definition) is 3. The highest BCUT2D eigenvalue weighted by Gasteiger charge is 2.22. The highest BCUT2D eigenvalue weighted by molar-refractivity contribution is 5.08. The molecule has 0 aliphatic carbocycles. The Hall–Kier alpha value is -0.830. The summed E-state index contributed by atoms with van der Waals surface area (Å²) in [5.74, 6) is 1.61. The third-order valence-corrected chi connectivity index (χ3v) is 2.65. The van der Waals surface area contributed by atoms with E-state index in [9.17, 15) is 0 Å².